The Labute approximate surface area is 128 Å². The lowest BCUT2D eigenvalue weighted by molar-refractivity contribution is 0.414. The summed E-state index contributed by atoms with van der Waals surface area (Å²) in [7, 11) is -1.79. The number of benzene rings is 2. The molecule has 0 unspecified atom stereocenters. The topological polar surface area (TPSA) is 72.1 Å². The fraction of sp³-hybridized carbons (Fsp3) is 0.188. The van der Waals surface area contributed by atoms with Crippen molar-refractivity contribution in [3.8, 4) is 5.75 Å². The van der Waals surface area contributed by atoms with Crippen LogP contribution in [0.4, 0.5) is 0 Å². The molecule has 6 heteroatoms. The molecule has 0 saturated carbocycles. The zero-order valence-electron chi connectivity index (χ0n) is 12.1. The average molecular weight is 316 g/mol. The van der Waals surface area contributed by atoms with Crippen LogP contribution in [-0.4, -0.2) is 31.2 Å². The number of hydrogen-bond donors (Lipinski definition) is 1. The number of methoxy groups -OCH3 is 1. The number of para-hydroxylation sites is 2. The van der Waals surface area contributed by atoms with E-state index in [0.29, 0.717) is 22.9 Å². The molecule has 1 aromatic heterocycles. The largest absolute Gasteiger partial charge is 0.497 e. The van der Waals surface area contributed by atoms with E-state index in [9.17, 15) is 8.42 Å². The van der Waals surface area contributed by atoms with Gasteiger partial charge >= 0.3 is 0 Å². The summed E-state index contributed by atoms with van der Waals surface area (Å²) in [5, 5.41) is 0. The molecule has 22 heavy (non-hydrogen) atoms. The molecular formula is C16H16N2O3S. The van der Waals surface area contributed by atoms with E-state index in [-0.39, 0.29) is 5.75 Å². The van der Waals surface area contributed by atoms with Crippen molar-refractivity contribution < 1.29 is 13.2 Å². The molecule has 1 N–H and O–H groups in total. The Bertz CT molecular complexity index is 850. The lowest BCUT2D eigenvalue weighted by atomic mass is 10.3. The summed E-state index contributed by atoms with van der Waals surface area (Å²) in [6, 6.07) is 14.1. The molecule has 0 aliphatic rings. The first-order valence-corrected chi connectivity index (χ1v) is 8.54. The molecular weight excluding hydrogens is 300 g/mol. The molecule has 0 saturated heterocycles. The molecule has 0 aliphatic carbocycles. The minimum absolute atomic E-state index is 0.0130. The number of nitrogens with one attached hydrogen (secondary N) is 1. The Kier molecular flexibility index (Phi) is 3.85. The number of ether oxygens (including phenoxy) is 1. The maximum atomic E-state index is 12.3. The number of hydrogen-bond acceptors (Lipinski definition) is 4. The van der Waals surface area contributed by atoms with Gasteiger partial charge in [0.05, 0.1) is 28.8 Å². The number of imidazole rings is 1. The van der Waals surface area contributed by atoms with Gasteiger partial charge in [0.15, 0.2) is 9.84 Å². The maximum absolute atomic E-state index is 12.3. The minimum atomic E-state index is -3.34. The third-order valence-electron chi connectivity index (χ3n) is 3.46. The monoisotopic (exact) mass is 316 g/mol. The summed E-state index contributed by atoms with van der Waals surface area (Å²) in [6.45, 7) is 0. The first-order chi connectivity index (χ1) is 10.6. The third kappa shape index (κ3) is 2.96. The van der Waals surface area contributed by atoms with Gasteiger partial charge in [-0.1, -0.05) is 12.1 Å². The van der Waals surface area contributed by atoms with Crippen molar-refractivity contribution in [2.24, 2.45) is 0 Å². The highest BCUT2D eigenvalue weighted by Gasteiger charge is 2.15. The Balaban J connectivity index is 1.76. The van der Waals surface area contributed by atoms with E-state index in [1.54, 1.807) is 31.4 Å². The zero-order valence-corrected chi connectivity index (χ0v) is 12.9. The van der Waals surface area contributed by atoms with Crippen LogP contribution in [0.25, 0.3) is 11.0 Å². The van der Waals surface area contributed by atoms with E-state index in [4.69, 9.17) is 4.74 Å². The van der Waals surface area contributed by atoms with Gasteiger partial charge in [-0.25, -0.2) is 13.4 Å². The van der Waals surface area contributed by atoms with Gasteiger partial charge in [0.25, 0.3) is 0 Å². The van der Waals surface area contributed by atoms with Crippen molar-refractivity contribution in [1.29, 1.82) is 0 Å². The van der Waals surface area contributed by atoms with Crippen molar-refractivity contribution in [2.75, 3.05) is 12.9 Å². The van der Waals surface area contributed by atoms with Crippen LogP contribution in [0.3, 0.4) is 0 Å². The van der Waals surface area contributed by atoms with Gasteiger partial charge < -0.3 is 9.72 Å². The smallest absolute Gasteiger partial charge is 0.178 e. The molecule has 0 atom stereocenters. The number of aromatic amines is 1. The van der Waals surface area contributed by atoms with Crippen molar-refractivity contribution in [3.05, 3.63) is 54.4 Å². The summed E-state index contributed by atoms with van der Waals surface area (Å²) < 4.78 is 29.7. The molecule has 0 bridgehead atoms. The summed E-state index contributed by atoms with van der Waals surface area (Å²) >= 11 is 0. The number of rotatable bonds is 5. The first kappa shape index (κ1) is 14.6. The van der Waals surface area contributed by atoms with Gasteiger partial charge in [-0.05, 0) is 36.4 Å². The van der Waals surface area contributed by atoms with Crippen LogP contribution in [0.1, 0.15) is 5.82 Å². The van der Waals surface area contributed by atoms with Crippen LogP contribution in [0.2, 0.25) is 0 Å². The molecule has 1 heterocycles. The molecule has 0 fully saturated rings. The molecule has 0 spiro atoms. The van der Waals surface area contributed by atoms with Gasteiger partial charge in [0, 0.05) is 6.42 Å². The maximum Gasteiger partial charge on any atom is 0.178 e. The quantitative estimate of drug-likeness (QED) is 0.785. The second kappa shape index (κ2) is 5.81. The fourth-order valence-electron chi connectivity index (χ4n) is 2.26. The fourth-order valence-corrected chi connectivity index (χ4v) is 3.50. The standard InChI is InChI=1S/C16H16N2O3S/c1-21-12-6-8-13(9-7-12)22(19,20)11-10-16-17-14-4-2-3-5-15(14)18-16/h2-9H,10-11H2,1H3,(H,17,18). The van der Waals surface area contributed by atoms with E-state index in [0.717, 1.165) is 11.0 Å². The van der Waals surface area contributed by atoms with Crippen molar-refractivity contribution in [2.45, 2.75) is 11.3 Å². The van der Waals surface area contributed by atoms with Crippen LogP contribution in [-0.2, 0) is 16.3 Å². The van der Waals surface area contributed by atoms with E-state index >= 15 is 0 Å². The van der Waals surface area contributed by atoms with E-state index in [1.165, 1.54) is 0 Å². The second-order valence-electron chi connectivity index (χ2n) is 4.95. The summed E-state index contributed by atoms with van der Waals surface area (Å²) in [4.78, 5) is 7.83. The van der Waals surface area contributed by atoms with Crippen LogP contribution >= 0.6 is 0 Å². The van der Waals surface area contributed by atoms with Gasteiger partial charge in [-0.15, -0.1) is 0 Å². The molecule has 0 radical (unpaired) electrons. The number of aromatic nitrogens is 2. The molecule has 114 valence electrons. The average Bonchev–Trinajstić information content (AvgIpc) is 2.96. The first-order valence-electron chi connectivity index (χ1n) is 6.89. The predicted octanol–water partition coefficient (Wildman–Crippen LogP) is 2.59. The van der Waals surface area contributed by atoms with Crippen molar-refractivity contribution >= 4 is 20.9 Å². The Morgan fingerprint density at radius 2 is 1.82 bits per heavy atom. The molecule has 3 aromatic rings. The third-order valence-corrected chi connectivity index (χ3v) is 5.20. The van der Waals surface area contributed by atoms with Crippen LogP contribution in [0, 0.1) is 0 Å². The SMILES string of the molecule is COc1ccc(S(=O)(=O)CCc2nc3ccccc3[nH]2)cc1. The van der Waals surface area contributed by atoms with Gasteiger partial charge in [-0.3, -0.25) is 0 Å². The van der Waals surface area contributed by atoms with Gasteiger partial charge in [0.1, 0.15) is 11.6 Å². The van der Waals surface area contributed by atoms with Crippen LogP contribution in [0.15, 0.2) is 53.4 Å². The minimum Gasteiger partial charge on any atom is -0.497 e. The number of nitrogens with zero attached hydrogens (tertiary/aromatic N) is 1. The normalized spacial score (nSPS) is 11.7. The molecule has 0 amide bonds. The highest BCUT2D eigenvalue weighted by Crippen LogP contribution is 2.18. The number of fused-ring (bicyclic) bond motifs is 1. The molecule has 3 rings (SSSR count). The zero-order chi connectivity index (χ0) is 15.6. The highest BCUT2D eigenvalue weighted by molar-refractivity contribution is 7.91. The lowest BCUT2D eigenvalue weighted by Crippen LogP contribution is -2.10. The number of H-pyrrole nitrogens is 1. The van der Waals surface area contributed by atoms with Crippen molar-refractivity contribution in [3.63, 3.8) is 0 Å². The Morgan fingerprint density at radius 1 is 1.09 bits per heavy atom. The molecule has 5 nitrogen and oxygen atoms in total. The Hall–Kier alpha value is -2.34. The van der Waals surface area contributed by atoms with Crippen LogP contribution in [0.5, 0.6) is 5.75 Å². The van der Waals surface area contributed by atoms with E-state index in [1.807, 2.05) is 24.3 Å². The highest BCUT2D eigenvalue weighted by atomic mass is 32.2. The predicted molar refractivity (Wildman–Crippen MR) is 84.8 cm³/mol. The molecule has 0 aliphatic heterocycles. The summed E-state index contributed by atoms with van der Waals surface area (Å²) in [6.07, 6.45) is 0.350. The van der Waals surface area contributed by atoms with Crippen LogP contribution < -0.4 is 4.74 Å². The summed E-state index contributed by atoms with van der Waals surface area (Å²) in [5.74, 6) is 1.33. The van der Waals surface area contributed by atoms with Gasteiger partial charge in [0.2, 0.25) is 0 Å². The summed E-state index contributed by atoms with van der Waals surface area (Å²) in [5.41, 5.74) is 1.76. The van der Waals surface area contributed by atoms with E-state index in [2.05, 4.69) is 9.97 Å². The second-order valence-corrected chi connectivity index (χ2v) is 7.05. The number of aryl methyl sites for hydroxylation is 1. The van der Waals surface area contributed by atoms with Gasteiger partial charge in [-0.2, -0.15) is 0 Å². The van der Waals surface area contributed by atoms with E-state index < -0.39 is 9.84 Å². The van der Waals surface area contributed by atoms with Crippen molar-refractivity contribution in [1.82, 2.24) is 9.97 Å². The Morgan fingerprint density at radius 3 is 2.50 bits per heavy atom. The number of sulfone groups is 1. The lowest BCUT2D eigenvalue weighted by Gasteiger charge is -2.04. The molecule has 2 aromatic carbocycles.